The molecular formula is C15H20N4O3. The Balaban J connectivity index is 1.92. The van der Waals surface area contributed by atoms with Gasteiger partial charge in [0.1, 0.15) is 13.1 Å². The molecule has 7 heteroatoms. The Hall–Kier alpha value is -2.57. The van der Waals surface area contributed by atoms with Crippen LogP contribution in [0.3, 0.4) is 0 Å². The average Bonchev–Trinajstić information content (AvgIpc) is 2.79. The lowest BCUT2D eigenvalue weighted by molar-refractivity contribution is -0.119. The third-order valence-corrected chi connectivity index (χ3v) is 3.48. The molecule has 2 N–H and O–H groups in total. The predicted octanol–water partition coefficient (Wildman–Crippen LogP) is 1.02. The first kappa shape index (κ1) is 15.8. The number of nitrogens with one attached hydrogen (secondary N) is 2. The van der Waals surface area contributed by atoms with Gasteiger partial charge in [-0.1, -0.05) is 0 Å². The van der Waals surface area contributed by atoms with Crippen molar-refractivity contribution in [3.63, 3.8) is 0 Å². The highest BCUT2D eigenvalue weighted by molar-refractivity contribution is 6.04. The van der Waals surface area contributed by atoms with Gasteiger partial charge in [-0.05, 0) is 38.1 Å². The largest absolute Gasteiger partial charge is 0.372 e. The maximum atomic E-state index is 11.9. The highest BCUT2D eigenvalue weighted by atomic mass is 16.2. The van der Waals surface area contributed by atoms with Crippen molar-refractivity contribution in [2.45, 2.75) is 13.8 Å². The molecular weight excluding hydrogens is 284 g/mol. The van der Waals surface area contributed by atoms with Crippen molar-refractivity contribution >= 4 is 29.2 Å². The fourth-order valence-corrected chi connectivity index (χ4v) is 2.33. The summed E-state index contributed by atoms with van der Waals surface area (Å²) in [6.45, 7) is 5.78. The lowest BCUT2D eigenvalue weighted by atomic mass is 10.2. The number of benzene rings is 1. The van der Waals surface area contributed by atoms with Crippen LogP contribution in [-0.4, -0.2) is 48.9 Å². The molecule has 0 saturated carbocycles. The number of hydrogen-bond acceptors (Lipinski definition) is 4. The quantitative estimate of drug-likeness (QED) is 0.769. The highest BCUT2D eigenvalue weighted by Gasteiger charge is 2.28. The summed E-state index contributed by atoms with van der Waals surface area (Å²) in [6, 6.07) is 6.99. The fraction of sp³-hybridized carbons (Fsp3) is 0.400. The number of carbonyl (C=O) groups is 3. The first-order valence-corrected chi connectivity index (χ1v) is 7.27. The third-order valence-electron chi connectivity index (χ3n) is 3.48. The molecule has 2 rings (SSSR count). The summed E-state index contributed by atoms with van der Waals surface area (Å²) in [4.78, 5) is 37.7. The molecule has 4 amide bonds. The molecule has 1 aromatic carbocycles. The number of urea groups is 1. The lowest BCUT2D eigenvalue weighted by Gasteiger charge is -2.21. The molecule has 0 bridgehead atoms. The fourth-order valence-electron chi connectivity index (χ4n) is 2.33. The first-order chi connectivity index (χ1) is 10.5. The second-order valence-corrected chi connectivity index (χ2v) is 4.98. The molecule has 22 heavy (non-hydrogen) atoms. The summed E-state index contributed by atoms with van der Waals surface area (Å²) in [5.74, 6) is -0.721. The Kier molecular flexibility index (Phi) is 4.98. The van der Waals surface area contributed by atoms with Gasteiger partial charge in [-0.15, -0.1) is 0 Å². The van der Waals surface area contributed by atoms with Crippen LogP contribution >= 0.6 is 0 Å². The summed E-state index contributed by atoms with van der Waals surface area (Å²) in [5.41, 5.74) is 1.75. The van der Waals surface area contributed by atoms with Gasteiger partial charge in [-0.2, -0.15) is 0 Å². The molecule has 1 aliphatic heterocycles. The van der Waals surface area contributed by atoms with E-state index in [1.54, 1.807) is 0 Å². The Labute approximate surface area is 129 Å². The van der Waals surface area contributed by atoms with E-state index in [2.05, 4.69) is 29.4 Å². The molecule has 0 spiro atoms. The van der Waals surface area contributed by atoms with E-state index in [1.807, 2.05) is 24.3 Å². The smallest absolute Gasteiger partial charge is 0.325 e. The van der Waals surface area contributed by atoms with Crippen LogP contribution in [0.1, 0.15) is 13.8 Å². The van der Waals surface area contributed by atoms with Crippen molar-refractivity contribution in [2.75, 3.05) is 36.4 Å². The van der Waals surface area contributed by atoms with Crippen molar-refractivity contribution in [1.29, 1.82) is 0 Å². The van der Waals surface area contributed by atoms with E-state index in [9.17, 15) is 14.4 Å². The van der Waals surface area contributed by atoms with E-state index in [0.29, 0.717) is 5.69 Å². The summed E-state index contributed by atoms with van der Waals surface area (Å²) < 4.78 is 0. The normalized spacial score (nSPS) is 14.0. The van der Waals surface area contributed by atoms with Gasteiger partial charge in [0, 0.05) is 24.5 Å². The van der Waals surface area contributed by atoms with Crippen molar-refractivity contribution < 1.29 is 14.4 Å². The van der Waals surface area contributed by atoms with Gasteiger partial charge in [0.2, 0.25) is 11.8 Å². The van der Waals surface area contributed by atoms with Gasteiger partial charge in [0.05, 0.1) is 0 Å². The van der Waals surface area contributed by atoms with Crippen LogP contribution in [0.15, 0.2) is 24.3 Å². The Bertz CT molecular complexity index is 567. The Morgan fingerprint density at radius 1 is 1.23 bits per heavy atom. The number of hydrogen-bond donors (Lipinski definition) is 2. The van der Waals surface area contributed by atoms with E-state index in [0.717, 1.165) is 18.8 Å². The van der Waals surface area contributed by atoms with E-state index in [-0.39, 0.29) is 24.9 Å². The van der Waals surface area contributed by atoms with Gasteiger partial charge < -0.3 is 15.1 Å². The minimum atomic E-state index is -0.531. The molecule has 1 aliphatic rings. The number of nitrogens with zero attached hydrogens (tertiary/aromatic N) is 2. The van der Waals surface area contributed by atoms with Crippen LogP contribution in [0, 0.1) is 0 Å². The number of imide groups is 1. The van der Waals surface area contributed by atoms with Crippen LogP contribution in [-0.2, 0) is 9.59 Å². The van der Waals surface area contributed by atoms with Gasteiger partial charge >= 0.3 is 6.03 Å². The summed E-state index contributed by atoms with van der Waals surface area (Å²) in [5, 5.41) is 4.85. The van der Waals surface area contributed by atoms with Gasteiger partial charge in [0.25, 0.3) is 0 Å². The maximum Gasteiger partial charge on any atom is 0.325 e. The lowest BCUT2D eigenvalue weighted by Crippen LogP contribution is -2.35. The number of anilines is 2. The zero-order valence-corrected chi connectivity index (χ0v) is 12.8. The van der Waals surface area contributed by atoms with Crippen LogP contribution in [0.4, 0.5) is 16.2 Å². The molecule has 0 radical (unpaired) electrons. The second kappa shape index (κ2) is 6.93. The van der Waals surface area contributed by atoms with E-state index < -0.39 is 6.03 Å². The van der Waals surface area contributed by atoms with Crippen molar-refractivity contribution in [3.8, 4) is 0 Å². The molecule has 118 valence electrons. The van der Waals surface area contributed by atoms with Gasteiger partial charge in [-0.3, -0.25) is 14.9 Å². The van der Waals surface area contributed by atoms with Crippen LogP contribution in [0.5, 0.6) is 0 Å². The summed E-state index contributed by atoms with van der Waals surface area (Å²) in [7, 11) is 0. The molecule has 1 aromatic rings. The molecule has 1 heterocycles. The number of carbonyl (C=O) groups excluding carboxylic acids is 3. The summed E-state index contributed by atoms with van der Waals surface area (Å²) in [6.07, 6.45) is 0. The standard InChI is InChI=1S/C15H20N4O3/c1-3-18(4-2)12-7-5-11(6-8-12)16-13(20)9-19-10-14(21)17-15(19)22/h5-8H,3-4,9-10H2,1-2H3,(H,16,20)(H,17,21,22). The minimum Gasteiger partial charge on any atom is -0.372 e. The zero-order chi connectivity index (χ0) is 16.1. The molecule has 0 unspecified atom stereocenters. The Morgan fingerprint density at radius 2 is 1.86 bits per heavy atom. The number of amides is 4. The Morgan fingerprint density at radius 3 is 2.36 bits per heavy atom. The molecule has 7 nitrogen and oxygen atoms in total. The van der Waals surface area contributed by atoms with E-state index in [1.165, 1.54) is 4.90 Å². The van der Waals surface area contributed by atoms with Gasteiger partial charge in [-0.25, -0.2) is 4.79 Å². The van der Waals surface area contributed by atoms with E-state index >= 15 is 0 Å². The predicted molar refractivity (Wildman–Crippen MR) is 83.7 cm³/mol. The van der Waals surface area contributed by atoms with Crippen LogP contribution in [0.2, 0.25) is 0 Å². The first-order valence-electron chi connectivity index (χ1n) is 7.27. The third kappa shape index (κ3) is 3.75. The van der Waals surface area contributed by atoms with Gasteiger partial charge in [0.15, 0.2) is 0 Å². The zero-order valence-electron chi connectivity index (χ0n) is 12.8. The van der Waals surface area contributed by atoms with Crippen molar-refractivity contribution in [1.82, 2.24) is 10.2 Å². The van der Waals surface area contributed by atoms with Crippen molar-refractivity contribution in [3.05, 3.63) is 24.3 Å². The van der Waals surface area contributed by atoms with Crippen molar-refractivity contribution in [2.24, 2.45) is 0 Å². The topological polar surface area (TPSA) is 81.8 Å². The molecule has 0 aromatic heterocycles. The monoisotopic (exact) mass is 304 g/mol. The SMILES string of the molecule is CCN(CC)c1ccc(NC(=O)CN2CC(=O)NC2=O)cc1. The maximum absolute atomic E-state index is 11.9. The van der Waals surface area contributed by atoms with Crippen LogP contribution in [0.25, 0.3) is 0 Å². The molecule has 1 saturated heterocycles. The van der Waals surface area contributed by atoms with E-state index in [4.69, 9.17) is 0 Å². The molecule has 1 fully saturated rings. The number of rotatable bonds is 6. The highest BCUT2D eigenvalue weighted by Crippen LogP contribution is 2.17. The van der Waals surface area contributed by atoms with Crippen LogP contribution < -0.4 is 15.5 Å². The molecule has 0 aliphatic carbocycles. The second-order valence-electron chi connectivity index (χ2n) is 4.98. The average molecular weight is 304 g/mol. The minimum absolute atomic E-state index is 0.0762. The molecule has 0 atom stereocenters. The summed E-state index contributed by atoms with van der Waals surface area (Å²) >= 11 is 0.